The second-order valence-corrected chi connectivity index (χ2v) is 6.72. The summed E-state index contributed by atoms with van der Waals surface area (Å²) in [5.41, 5.74) is 2.15. The van der Waals surface area contributed by atoms with Gasteiger partial charge >= 0.3 is 0 Å². The van der Waals surface area contributed by atoms with Crippen molar-refractivity contribution in [3.05, 3.63) is 41.7 Å². The second-order valence-electron chi connectivity index (χ2n) is 5.77. The van der Waals surface area contributed by atoms with Crippen molar-refractivity contribution in [2.75, 3.05) is 20.1 Å². The smallest absolute Gasteiger partial charge is 0.156 e. The number of likely N-dealkylation sites (N-methyl/N-ethyl adjacent to an activating group) is 1. The number of likely N-dealkylation sites (tertiary alicyclic amines) is 1. The van der Waals surface area contributed by atoms with Gasteiger partial charge in [0.2, 0.25) is 0 Å². The lowest BCUT2D eigenvalue weighted by Crippen LogP contribution is -2.31. The summed E-state index contributed by atoms with van der Waals surface area (Å²) in [5, 5.41) is 6.83. The van der Waals surface area contributed by atoms with Crippen LogP contribution in [0.5, 0.6) is 0 Å². The van der Waals surface area contributed by atoms with E-state index in [0.29, 0.717) is 5.92 Å². The first-order valence-electron chi connectivity index (χ1n) is 7.38. The molecule has 1 fully saturated rings. The fourth-order valence-corrected chi connectivity index (χ4v) is 3.76. The van der Waals surface area contributed by atoms with Crippen LogP contribution in [0.4, 0.5) is 0 Å². The van der Waals surface area contributed by atoms with Crippen molar-refractivity contribution in [3.8, 4) is 10.4 Å². The van der Waals surface area contributed by atoms with Crippen LogP contribution < -0.4 is 0 Å². The van der Waals surface area contributed by atoms with E-state index in [0.717, 1.165) is 18.0 Å². The molecule has 0 bridgehead atoms. The first kappa shape index (κ1) is 13.0. The first-order chi connectivity index (χ1) is 10.3. The quantitative estimate of drug-likeness (QED) is 0.728. The Morgan fingerprint density at radius 1 is 1.29 bits per heavy atom. The maximum Gasteiger partial charge on any atom is 0.156 e. The van der Waals surface area contributed by atoms with Crippen molar-refractivity contribution in [1.29, 1.82) is 0 Å². The number of pyridine rings is 1. The molecule has 1 aliphatic heterocycles. The van der Waals surface area contributed by atoms with Crippen molar-refractivity contribution >= 4 is 17.0 Å². The molecule has 1 aliphatic rings. The summed E-state index contributed by atoms with van der Waals surface area (Å²) in [6.07, 6.45) is 4.51. The molecule has 4 rings (SSSR count). The number of hydrogen-bond acceptors (Lipinski definition) is 4. The molecule has 4 nitrogen and oxygen atoms in total. The average molecular weight is 298 g/mol. The Balaban J connectivity index is 1.69. The number of fused-ring (bicyclic) bond motifs is 1. The molecule has 1 saturated heterocycles. The molecule has 1 unspecified atom stereocenters. The lowest BCUT2D eigenvalue weighted by molar-refractivity contribution is 0.246. The van der Waals surface area contributed by atoms with Gasteiger partial charge in [-0.2, -0.15) is 5.10 Å². The van der Waals surface area contributed by atoms with Crippen molar-refractivity contribution in [1.82, 2.24) is 19.5 Å². The Kier molecular flexibility index (Phi) is 3.24. The third kappa shape index (κ3) is 2.47. The molecule has 3 aromatic rings. The average Bonchev–Trinajstić information content (AvgIpc) is 3.16. The summed E-state index contributed by atoms with van der Waals surface area (Å²) in [5.74, 6) is 1.46. The van der Waals surface area contributed by atoms with Gasteiger partial charge in [-0.3, -0.25) is 0 Å². The summed E-state index contributed by atoms with van der Waals surface area (Å²) < 4.78 is 1.93. The molecule has 21 heavy (non-hydrogen) atoms. The number of rotatable bonds is 2. The molecule has 4 heterocycles. The highest BCUT2D eigenvalue weighted by atomic mass is 32.1. The zero-order valence-corrected chi connectivity index (χ0v) is 12.9. The SMILES string of the molecule is CN1CCCC(c2nc3ccc(-c4cccs4)cn3n2)C1. The molecule has 0 radical (unpaired) electrons. The molecule has 3 aromatic heterocycles. The monoisotopic (exact) mass is 298 g/mol. The van der Waals surface area contributed by atoms with Crippen molar-refractivity contribution in [2.45, 2.75) is 18.8 Å². The summed E-state index contributed by atoms with van der Waals surface area (Å²) >= 11 is 1.75. The molecule has 0 aromatic carbocycles. The Morgan fingerprint density at radius 2 is 2.24 bits per heavy atom. The molecule has 108 valence electrons. The van der Waals surface area contributed by atoms with Crippen LogP contribution in [0, 0.1) is 0 Å². The lowest BCUT2D eigenvalue weighted by atomic mass is 9.98. The van der Waals surface area contributed by atoms with Gasteiger partial charge in [0, 0.05) is 29.1 Å². The van der Waals surface area contributed by atoms with Gasteiger partial charge in [-0.1, -0.05) is 6.07 Å². The molecular weight excluding hydrogens is 280 g/mol. The highest BCUT2D eigenvalue weighted by Crippen LogP contribution is 2.27. The molecule has 1 atom stereocenters. The van der Waals surface area contributed by atoms with Gasteiger partial charge in [-0.15, -0.1) is 11.3 Å². The maximum absolute atomic E-state index is 4.72. The maximum atomic E-state index is 4.72. The minimum atomic E-state index is 0.467. The molecule has 0 amide bonds. The van der Waals surface area contributed by atoms with E-state index in [1.807, 2.05) is 4.52 Å². The highest BCUT2D eigenvalue weighted by Gasteiger charge is 2.22. The molecule has 0 aliphatic carbocycles. The summed E-state index contributed by atoms with van der Waals surface area (Å²) in [4.78, 5) is 8.36. The highest BCUT2D eigenvalue weighted by molar-refractivity contribution is 7.13. The van der Waals surface area contributed by atoms with E-state index >= 15 is 0 Å². The van der Waals surface area contributed by atoms with E-state index in [-0.39, 0.29) is 0 Å². The van der Waals surface area contributed by atoms with E-state index in [1.54, 1.807) is 11.3 Å². The van der Waals surface area contributed by atoms with Crippen molar-refractivity contribution in [2.24, 2.45) is 0 Å². The molecule has 0 saturated carbocycles. The minimum absolute atomic E-state index is 0.467. The lowest BCUT2D eigenvalue weighted by Gasteiger charge is -2.27. The van der Waals surface area contributed by atoms with Crippen LogP contribution in [0.15, 0.2) is 35.8 Å². The standard InChI is InChI=1S/C16H18N4S/c1-19-8-2-4-13(10-19)16-17-15-7-6-12(11-20(15)18-16)14-5-3-9-21-14/h3,5-7,9,11,13H,2,4,8,10H2,1H3. The Bertz CT molecular complexity index is 747. The predicted molar refractivity (Wildman–Crippen MR) is 85.8 cm³/mol. The van der Waals surface area contributed by atoms with Crippen LogP contribution in [0.1, 0.15) is 24.6 Å². The largest absolute Gasteiger partial charge is 0.306 e. The van der Waals surface area contributed by atoms with E-state index in [9.17, 15) is 0 Å². The molecule has 0 N–H and O–H groups in total. The molecule has 5 heteroatoms. The van der Waals surface area contributed by atoms with Gasteiger partial charge in [-0.25, -0.2) is 9.50 Å². The van der Waals surface area contributed by atoms with E-state index < -0.39 is 0 Å². The van der Waals surface area contributed by atoms with Gasteiger partial charge in [0.05, 0.1) is 0 Å². The summed E-state index contributed by atoms with van der Waals surface area (Å²) in [6.45, 7) is 2.25. The third-order valence-electron chi connectivity index (χ3n) is 4.14. The number of hydrogen-bond donors (Lipinski definition) is 0. The Hall–Kier alpha value is -1.72. The number of thiophene rings is 1. The van der Waals surface area contributed by atoms with E-state index in [2.05, 4.69) is 47.8 Å². The number of aromatic nitrogens is 3. The van der Waals surface area contributed by atoms with Crippen LogP contribution in [-0.4, -0.2) is 39.6 Å². The van der Waals surface area contributed by atoms with Crippen LogP contribution in [0.3, 0.4) is 0 Å². The molecular formula is C16H18N4S. The zero-order chi connectivity index (χ0) is 14.2. The van der Waals surface area contributed by atoms with Gasteiger partial charge in [0.15, 0.2) is 11.5 Å². The minimum Gasteiger partial charge on any atom is -0.306 e. The topological polar surface area (TPSA) is 33.4 Å². The van der Waals surface area contributed by atoms with E-state index in [4.69, 9.17) is 10.1 Å². The van der Waals surface area contributed by atoms with Crippen molar-refractivity contribution in [3.63, 3.8) is 0 Å². The normalized spacial score (nSPS) is 20.1. The predicted octanol–water partition coefficient (Wildman–Crippen LogP) is 3.27. The van der Waals surface area contributed by atoms with Gasteiger partial charge in [0.25, 0.3) is 0 Å². The second kappa shape index (κ2) is 5.24. The molecule has 0 spiro atoms. The summed E-state index contributed by atoms with van der Waals surface area (Å²) in [6, 6.07) is 8.42. The first-order valence-corrected chi connectivity index (χ1v) is 8.26. The van der Waals surface area contributed by atoms with E-state index in [1.165, 1.54) is 29.8 Å². The number of nitrogens with zero attached hydrogens (tertiary/aromatic N) is 4. The Morgan fingerprint density at radius 3 is 3.05 bits per heavy atom. The number of piperidine rings is 1. The fraction of sp³-hybridized carbons (Fsp3) is 0.375. The van der Waals surface area contributed by atoms with Gasteiger partial charge in [-0.05, 0) is 50.0 Å². The van der Waals surface area contributed by atoms with Crippen molar-refractivity contribution < 1.29 is 0 Å². The van der Waals surface area contributed by atoms with Crippen LogP contribution in [-0.2, 0) is 0 Å². The zero-order valence-electron chi connectivity index (χ0n) is 12.1. The summed E-state index contributed by atoms with van der Waals surface area (Å²) in [7, 11) is 2.18. The fourth-order valence-electron chi connectivity index (χ4n) is 3.04. The van der Waals surface area contributed by atoms with Gasteiger partial charge in [0.1, 0.15) is 0 Å². The van der Waals surface area contributed by atoms with Crippen LogP contribution >= 0.6 is 11.3 Å². The Labute approximate surface area is 128 Å². The third-order valence-corrected chi connectivity index (χ3v) is 5.06. The van der Waals surface area contributed by atoms with Gasteiger partial charge < -0.3 is 4.90 Å². The van der Waals surface area contributed by atoms with Crippen LogP contribution in [0.2, 0.25) is 0 Å². The van der Waals surface area contributed by atoms with Crippen LogP contribution in [0.25, 0.3) is 16.1 Å².